The summed E-state index contributed by atoms with van der Waals surface area (Å²) in [4.78, 5) is 0. The second kappa shape index (κ2) is 9.03. The Hall–Kier alpha value is -4.46. The van der Waals surface area contributed by atoms with Gasteiger partial charge in [-0.2, -0.15) is 0 Å². The van der Waals surface area contributed by atoms with Gasteiger partial charge in [0.05, 0.1) is 0 Å². The van der Waals surface area contributed by atoms with Gasteiger partial charge in [-0.15, -0.1) is 11.3 Å². The van der Waals surface area contributed by atoms with E-state index >= 15 is 0 Å². The van der Waals surface area contributed by atoms with E-state index in [-0.39, 0.29) is 0 Å². The van der Waals surface area contributed by atoms with E-state index in [1.165, 1.54) is 75.5 Å². The van der Waals surface area contributed by atoms with Crippen molar-refractivity contribution < 1.29 is 0 Å². The number of hydrogen-bond acceptors (Lipinski definition) is 1. The molecular weight excluding hydrogens is 513 g/mol. The smallest absolute Gasteiger partial charge is 0.0434 e. The minimum Gasteiger partial charge on any atom is -0.134 e. The van der Waals surface area contributed by atoms with Gasteiger partial charge < -0.3 is 0 Å². The molecule has 0 saturated carbocycles. The molecule has 2 atom stereocenters. The molecule has 0 bridgehead atoms. The molecule has 41 heavy (non-hydrogen) atoms. The van der Waals surface area contributed by atoms with Crippen molar-refractivity contribution in [2.24, 2.45) is 11.8 Å². The Morgan fingerprint density at radius 2 is 1.34 bits per heavy atom. The predicted octanol–water partition coefficient (Wildman–Crippen LogP) is 11.1. The maximum absolute atomic E-state index is 2.44. The SMILES string of the molecule is C1=CC2CC(c3cccc4c3sc3c5ccccc5ccc43)=CC=C2C=C1C1=CC=C2c3ccccc3C=CC2C1. The third-order valence-corrected chi connectivity index (χ3v) is 10.7. The number of hydrogen-bond donors (Lipinski definition) is 0. The molecule has 0 aliphatic heterocycles. The summed E-state index contributed by atoms with van der Waals surface area (Å²) in [6.45, 7) is 0. The first-order chi connectivity index (χ1) is 20.3. The van der Waals surface area contributed by atoms with Crippen LogP contribution in [0.15, 0.2) is 144 Å². The van der Waals surface area contributed by atoms with Crippen molar-refractivity contribution in [3.63, 3.8) is 0 Å². The summed E-state index contributed by atoms with van der Waals surface area (Å²) in [6, 6.07) is 29.0. The van der Waals surface area contributed by atoms with Crippen molar-refractivity contribution in [3.05, 3.63) is 161 Å². The Bertz CT molecular complexity index is 2150. The first-order valence-corrected chi connectivity index (χ1v) is 15.4. The van der Waals surface area contributed by atoms with Gasteiger partial charge in [0.25, 0.3) is 0 Å². The molecule has 5 aromatic rings. The third-order valence-electron chi connectivity index (χ3n) is 9.36. The minimum absolute atomic E-state index is 0.431. The minimum atomic E-state index is 0.431. The number of benzene rings is 4. The van der Waals surface area contributed by atoms with Crippen molar-refractivity contribution in [2.75, 3.05) is 0 Å². The fourth-order valence-electron chi connectivity index (χ4n) is 7.23. The van der Waals surface area contributed by atoms with Gasteiger partial charge in [0, 0.05) is 32.0 Å². The molecule has 2 unspecified atom stereocenters. The van der Waals surface area contributed by atoms with Gasteiger partial charge in [-0.3, -0.25) is 0 Å². The largest absolute Gasteiger partial charge is 0.134 e. The lowest BCUT2D eigenvalue weighted by Crippen LogP contribution is -2.13. The summed E-state index contributed by atoms with van der Waals surface area (Å²) in [7, 11) is 0. The first kappa shape index (κ1) is 23.3. The molecule has 1 heteroatoms. The van der Waals surface area contributed by atoms with E-state index in [9.17, 15) is 0 Å². The number of thiophene rings is 1. The topological polar surface area (TPSA) is 0 Å². The van der Waals surface area contributed by atoms with Crippen LogP contribution in [0, 0.1) is 11.8 Å². The third kappa shape index (κ3) is 3.66. The van der Waals surface area contributed by atoms with Crippen LogP contribution in [0.25, 0.3) is 48.2 Å². The quantitative estimate of drug-likeness (QED) is 0.209. The van der Waals surface area contributed by atoms with Crippen LogP contribution in [0.1, 0.15) is 29.5 Å². The van der Waals surface area contributed by atoms with Crippen LogP contribution in [0.4, 0.5) is 0 Å². The highest BCUT2D eigenvalue weighted by atomic mass is 32.1. The van der Waals surface area contributed by atoms with Gasteiger partial charge >= 0.3 is 0 Å². The van der Waals surface area contributed by atoms with Crippen molar-refractivity contribution in [2.45, 2.75) is 12.8 Å². The van der Waals surface area contributed by atoms with Gasteiger partial charge in [-0.25, -0.2) is 0 Å². The zero-order chi connectivity index (χ0) is 26.9. The van der Waals surface area contributed by atoms with E-state index in [4.69, 9.17) is 0 Å². The lowest BCUT2D eigenvalue weighted by Gasteiger charge is -2.29. The summed E-state index contributed by atoms with van der Waals surface area (Å²) in [5.74, 6) is 0.892. The Morgan fingerprint density at radius 3 is 2.34 bits per heavy atom. The zero-order valence-corrected chi connectivity index (χ0v) is 23.5. The van der Waals surface area contributed by atoms with E-state index in [1.807, 2.05) is 11.3 Å². The summed E-state index contributed by atoms with van der Waals surface area (Å²) in [6.07, 6.45) is 23.5. The number of rotatable bonds is 2. The normalized spacial score (nSPS) is 21.0. The molecule has 0 radical (unpaired) electrons. The summed E-state index contributed by atoms with van der Waals surface area (Å²) in [5, 5.41) is 5.42. The van der Waals surface area contributed by atoms with Gasteiger partial charge in [0.15, 0.2) is 0 Å². The second-order valence-corrected chi connectivity index (χ2v) is 12.7. The van der Waals surface area contributed by atoms with Gasteiger partial charge in [-0.05, 0) is 68.2 Å². The standard InChI is InChI=1S/C40H28S/c1-3-8-33-25(6-1)12-16-31-23-30(19-20-34(31)33)27-13-14-29-24-32(17-15-28(29)22-27)36-10-5-11-37-38-21-18-26-7-2-4-9-35(26)39(38)41-40(36)37/h1-22,29,31H,23-24H2. The molecule has 0 nitrogen and oxygen atoms in total. The Kier molecular flexibility index (Phi) is 5.12. The monoisotopic (exact) mass is 540 g/mol. The summed E-state index contributed by atoms with van der Waals surface area (Å²) < 4.78 is 2.81. The lowest BCUT2D eigenvalue weighted by molar-refractivity contribution is 0.779. The Labute approximate surface area is 244 Å². The highest BCUT2D eigenvalue weighted by Gasteiger charge is 2.26. The molecule has 1 aromatic heterocycles. The van der Waals surface area contributed by atoms with Crippen molar-refractivity contribution in [1.29, 1.82) is 0 Å². The molecule has 0 saturated heterocycles. The van der Waals surface area contributed by atoms with Gasteiger partial charge in [0.2, 0.25) is 0 Å². The molecular formula is C40H28S. The fraction of sp³-hybridized carbons (Fsp3) is 0.100. The molecule has 0 spiro atoms. The van der Waals surface area contributed by atoms with Gasteiger partial charge in [0.1, 0.15) is 0 Å². The molecule has 4 aliphatic carbocycles. The van der Waals surface area contributed by atoms with Crippen LogP contribution in [-0.2, 0) is 0 Å². The number of allylic oxidation sites excluding steroid dienone is 13. The summed E-state index contributed by atoms with van der Waals surface area (Å²) >= 11 is 1.95. The molecule has 4 aromatic carbocycles. The van der Waals surface area contributed by atoms with E-state index in [1.54, 1.807) is 0 Å². The van der Waals surface area contributed by atoms with E-state index in [2.05, 4.69) is 134 Å². The predicted molar refractivity (Wildman–Crippen MR) is 178 cm³/mol. The highest BCUT2D eigenvalue weighted by molar-refractivity contribution is 7.27. The van der Waals surface area contributed by atoms with Crippen LogP contribution < -0.4 is 0 Å². The van der Waals surface area contributed by atoms with Crippen LogP contribution in [0.5, 0.6) is 0 Å². The fourth-order valence-corrected chi connectivity index (χ4v) is 8.62. The van der Waals surface area contributed by atoms with Crippen molar-refractivity contribution in [1.82, 2.24) is 0 Å². The maximum atomic E-state index is 2.44. The highest BCUT2D eigenvalue weighted by Crippen LogP contribution is 2.46. The molecule has 0 fully saturated rings. The van der Waals surface area contributed by atoms with Crippen LogP contribution in [0.3, 0.4) is 0 Å². The van der Waals surface area contributed by atoms with Crippen molar-refractivity contribution in [3.8, 4) is 0 Å². The van der Waals surface area contributed by atoms with Gasteiger partial charge in [-0.1, -0.05) is 134 Å². The molecule has 194 valence electrons. The van der Waals surface area contributed by atoms with E-state index in [0.29, 0.717) is 11.8 Å². The first-order valence-electron chi connectivity index (χ1n) is 14.6. The average Bonchev–Trinajstić information content (AvgIpc) is 3.43. The van der Waals surface area contributed by atoms with E-state index in [0.717, 1.165) is 12.8 Å². The Morgan fingerprint density at radius 1 is 0.561 bits per heavy atom. The molecule has 0 N–H and O–H groups in total. The summed E-state index contributed by atoms with van der Waals surface area (Å²) in [5.41, 5.74) is 11.2. The molecule has 0 amide bonds. The zero-order valence-electron chi connectivity index (χ0n) is 22.7. The van der Waals surface area contributed by atoms with Crippen molar-refractivity contribution >= 4 is 59.5 Å². The lowest BCUT2D eigenvalue weighted by atomic mass is 9.75. The van der Waals surface area contributed by atoms with Crippen LogP contribution in [-0.4, -0.2) is 0 Å². The van der Waals surface area contributed by atoms with Crippen LogP contribution in [0.2, 0.25) is 0 Å². The van der Waals surface area contributed by atoms with E-state index < -0.39 is 0 Å². The second-order valence-electron chi connectivity index (χ2n) is 11.6. The Balaban J connectivity index is 1.07. The average molecular weight is 541 g/mol. The molecule has 1 heterocycles. The molecule has 9 rings (SSSR count). The number of fused-ring (bicyclic) bond motifs is 9. The molecule has 4 aliphatic rings. The van der Waals surface area contributed by atoms with Crippen LogP contribution >= 0.6 is 11.3 Å². The maximum Gasteiger partial charge on any atom is 0.0434 e.